The van der Waals surface area contributed by atoms with E-state index in [0.717, 1.165) is 19.8 Å². The molecule has 0 unspecified atom stereocenters. The average molecular weight is 165 g/mol. The molecule has 2 nitrogen and oxygen atoms in total. The van der Waals surface area contributed by atoms with Crippen molar-refractivity contribution in [2.45, 2.75) is 32.9 Å². The highest BCUT2D eigenvalue weighted by Crippen LogP contribution is 2.23. The molecule has 0 saturated carbocycles. The van der Waals surface area contributed by atoms with Crippen LogP contribution in [-0.4, -0.2) is 11.2 Å². The molecular formula is C10H15NO. The maximum absolute atomic E-state index is 5.42. The molecule has 0 aliphatic carbocycles. The molecule has 0 spiro atoms. The number of aromatic nitrogens is 1. The van der Waals surface area contributed by atoms with Crippen LogP contribution >= 0.6 is 0 Å². The number of hydrogen-bond acceptors (Lipinski definition) is 1. The summed E-state index contributed by atoms with van der Waals surface area (Å²) in [5.74, 6) is 0.614. The Morgan fingerprint density at radius 2 is 2.33 bits per heavy atom. The van der Waals surface area contributed by atoms with Gasteiger partial charge in [-0.05, 0) is 17.5 Å². The third-order valence-corrected chi connectivity index (χ3v) is 2.45. The van der Waals surface area contributed by atoms with Crippen LogP contribution in [0.1, 0.15) is 31.0 Å². The Bertz CT molecular complexity index is 275. The number of fused-ring (bicyclic) bond motifs is 1. The first kappa shape index (κ1) is 7.87. The molecule has 0 fully saturated rings. The van der Waals surface area contributed by atoms with Gasteiger partial charge in [-0.2, -0.15) is 0 Å². The van der Waals surface area contributed by atoms with Crippen molar-refractivity contribution >= 4 is 0 Å². The Morgan fingerprint density at radius 1 is 1.50 bits per heavy atom. The van der Waals surface area contributed by atoms with E-state index in [-0.39, 0.29) is 0 Å². The monoisotopic (exact) mass is 165 g/mol. The summed E-state index contributed by atoms with van der Waals surface area (Å²) in [7, 11) is 0. The molecule has 0 amide bonds. The van der Waals surface area contributed by atoms with E-state index < -0.39 is 0 Å². The molecule has 66 valence electrons. The minimum absolute atomic E-state index is 0.614. The SMILES string of the molecule is CC(C)c1ccn2c1COCC2. The maximum Gasteiger partial charge on any atom is 0.0871 e. The fraction of sp³-hybridized carbons (Fsp3) is 0.600. The summed E-state index contributed by atoms with van der Waals surface area (Å²) in [6.45, 7) is 7.12. The third-order valence-electron chi connectivity index (χ3n) is 2.45. The molecular weight excluding hydrogens is 150 g/mol. The van der Waals surface area contributed by atoms with Crippen molar-refractivity contribution in [1.82, 2.24) is 4.57 Å². The number of rotatable bonds is 1. The van der Waals surface area contributed by atoms with Crippen LogP contribution in [0.4, 0.5) is 0 Å². The summed E-state index contributed by atoms with van der Waals surface area (Å²) in [6.07, 6.45) is 2.17. The highest BCUT2D eigenvalue weighted by Gasteiger charge is 2.14. The summed E-state index contributed by atoms with van der Waals surface area (Å²) >= 11 is 0. The summed E-state index contributed by atoms with van der Waals surface area (Å²) in [4.78, 5) is 0. The van der Waals surface area contributed by atoms with Gasteiger partial charge in [-0.25, -0.2) is 0 Å². The zero-order valence-electron chi connectivity index (χ0n) is 7.71. The molecule has 12 heavy (non-hydrogen) atoms. The van der Waals surface area contributed by atoms with E-state index in [1.807, 2.05) is 0 Å². The molecule has 0 atom stereocenters. The standard InChI is InChI=1S/C10H15NO/c1-8(2)9-3-4-11-5-6-12-7-10(9)11/h3-4,8H,5-7H2,1-2H3. The molecule has 1 aliphatic rings. The van der Waals surface area contributed by atoms with Crippen LogP contribution < -0.4 is 0 Å². The fourth-order valence-corrected chi connectivity index (χ4v) is 1.76. The van der Waals surface area contributed by atoms with E-state index in [1.54, 1.807) is 0 Å². The van der Waals surface area contributed by atoms with E-state index in [9.17, 15) is 0 Å². The molecule has 2 rings (SSSR count). The Balaban J connectivity index is 2.38. The third kappa shape index (κ3) is 1.16. The van der Waals surface area contributed by atoms with E-state index in [2.05, 4.69) is 30.7 Å². The minimum atomic E-state index is 0.614. The van der Waals surface area contributed by atoms with Crippen molar-refractivity contribution in [3.63, 3.8) is 0 Å². The van der Waals surface area contributed by atoms with Gasteiger partial charge >= 0.3 is 0 Å². The van der Waals surface area contributed by atoms with Gasteiger partial charge in [-0.15, -0.1) is 0 Å². The Hall–Kier alpha value is -0.760. The van der Waals surface area contributed by atoms with Crippen LogP contribution in [0.2, 0.25) is 0 Å². The van der Waals surface area contributed by atoms with E-state index in [0.29, 0.717) is 5.92 Å². The zero-order chi connectivity index (χ0) is 8.55. The first-order valence-corrected chi connectivity index (χ1v) is 4.54. The average Bonchev–Trinajstić information content (AvgIpc) is 2.47. The Morgan fingerprint density at radius 3 is 3.08 bits per heavy atom. The van der Waals surface area contributed by atoms with Gasteiger partial charge in [-0.1, -0.05) is 13.8 Å². The van der Waals surface area contributed by atoms with Gasteiger partial charge in [0.2, 0.25) is 0 Å². The lowest BCUT2D eigenvalue weighted by Crippen LogP contribution is -2.16. The second kappa shape index (κ2) is 2.94. The lowest BCUT2D eigenvalue weighted by Gasteiger charge is -2.18. The van der Waals surface area contributed by atoms with Gasteiger partial charge < -0.3 is 9.30 Å². The van der Waals surface area contributed by atoms with Crippen LogP contribution in [0.25, 0.3) is 0 Å². The first-order chi connectivity index (χ1) is 5.79. The molecule has 0 aromatic carbocycles. The van der Waals surface area contributed by atoms with Gasteiger partial charge in [0.05, 0.1) is 13.2 Å². The number of hydrogen-bond donors (Lipinski definition) is 0. The van der Waals surface area contributed by atoms with E-state index >= 15 is 0 Å². The predicted molar refractivity (Wildman–Crippen MR) is 48.2 cm³/mol. The first-order valence-electron chi connectivity index (χ1n) is 4.54. The fourth-order valence-electron chi connectivity index (χ4n) is 1.76. The van der Waals surface area contributed by atoms with E-state index in [4.69, 9.17) is 4.74 Å². The van der Waals surface area contributed by atoms with Crippen molar-refractivity contribution in [1.29, 1.82) is 0 Å². The van der Waals surface area contributed by atoms with Crippen molar-refractivity contribution in [3.8, 4) is 0 Å². The van der Waals surface area contributed by atoms with Gasteiger partial charge in [0.25, 0.3) is 0 Å². The van der Waals surface area contributed by atoms with Gasteiger partial charge in [0.1, 0.15) is 0 Å². The van der Waals surface area contributed by atoms with Crippen molar-refractivity contribution < 1.29 is 4.74 Å². The van der Waals surface area contributed by atoms with E-state index in [1.165, 1.54) is 11.3 Å². The van der Waals surface area contributed by atoms with Crippen molar-refractivity contribution in [3.05, 3.63) is 23.5 Å². The molecule has 0 N–H and O–H groups in total. The van der Waals surface area contributed by atoms with Gasteiger partial charge in [0, 0.05) is 18.4 Å². The summed E-state index contributed by atoms with van der Waals surface area (Å²) in [5, 5.41) is 0. The number of nitrogens with zero attached hydrogens (tertiary/aromatic N) is 1. The van der Waals surface area contributed by atoms with Crippen LogP contribution in [0.15, 0.2) is 12.3 Å². The molecule has 0 bridgehead atoms. The Labute approximate surface area is 73.1 Å². The largest absolute Gasteiger partial charge is 0.373 e. The lowest BCUT2D eigenvalue weighted by atomic mass is 10.0. The van der Waals surface area contributed by atoms with Crippen LogP contribution in [0.3, 0.4) is 0 Å². The predicted octanol–water partition coefficient (Wildman–Crippen LogP) is 2.14. The normalized spacial score (nSPS) is 16.6. The molecule has 1 aromatic rings. The second-order valence-corrected chi connectivity index (χ2v) is 3.62. The van der Waals surface area contributed by atoms with Crippen molar-refractivity contribution in [2.75, 3.05) is 6.61 Å². The highest BCUT2D eigenvalue weighted by atomic mass is 16.5. The highest BCUT2D eigenvalue weighted by molar-refractivity contribution is 5.25. The van der Waals surface area contributed by atoms with Crippen LogP contribution in [0.5, 0.6) is 0 Å². The topological polar surface area (TPSA) is 14.2 Å². The second-order valence-electron chi connectivity index (χ2n) is 3.62. The summed E-state index contributed by atoms with van der Waals surface area (Å²) in [6, 6.07) is 2.22. The Kier molecular flexibility index (Phi) is 1.93. The molecule has 0 radical (unpaired) electrons. The summed E-state index contributed by atoms with van der Waals surface area (Å²) < 4.78 is 7.73. The van der Waals surface area contributed by atoms with Gasteiger partial charge in [0.15, 0.2) is 0 Å². The molecule has 1 aromatic heterocycles. The lowest BCUT2D eigenvalue weighted by molar-refractivity contribution is 0.0841. The molecule has 2 heterocycles. The molecule has 2 heteroatoms. The summed E-state index contributed by atoms with van der Waals surface area (Å²) in [5.41, 5.74) is 2.81. The number of ether oxygens (including phenoxy) is 1. The minimum Gasteiger partial charge on any atom is -0.373 e. The van der Waals surface area contributed by atoms with Crippen LogP contribution in [-0.2, 0) is 17.9 Å². The smallest absolute Gasteiger partial charge is 0.0871 e. The van der Waals surface area contributed by atoms with Crippen LogP contribution in [0, 0.1) is 0 Å². The quantitative estimate of drug-likeness (QED) is 0.622. The molecule has 1 aliphatic heterocycles. The zero-order valence-corrected chi connectivity index (χ0v) is 7.71. The maximum atomic E-state index is 5.42. The molecule has 0 saturated heterocycles. The van der Waals surface area contributed by atoms with Crippen molar-refractivity contribution in [2.24, 2.45) is 0 Å². The van der Waals surface area contributed by atoms with Gasteiger partial charge in [-0.3, -0.25) is 0 Å².